The van der Waals surface area contributed by atoms with Crippen LogP contribution in [-0.4, -0.2) is 43.7 Å². The summed E-state index contributed by atoms with van der Waals surface area (Å²) in [6, 6.07) is 10.1. The summed E-state index contributed by atoms with van der Waals surface area (Å²) in [5, 5.41) is 8.35. The second-order valence-electron chi connectivity index (χ2n) is 7.55. The lowest BCUT2D eigenvalue weighted by molar-refractivity contribution is -0.128. The molecule has 4 rings (SSSR count). The van der Waals surface area contributed by atoms with Crippen LogP contribution in [-0.2, 0) is 11.3 Å². The van der Waals surface area contributed by atoms with Crippen LogP contribution in [0.4, 0.5) is 0 Å². The van der Waals surface area contributed by atoms with Crippen molar-refractivity contribution in [3.8, 4) is 5.69 Å². The lowest BCUT2D eigenvalue weighted by Gasteiger charge is -2.11. The van der Waals surface area contributed by atoms with Crippen LogP contribution in [0.3, 0.4) is 0 Å². The van der Waals surface area contributed by atoms with Gasteiger partial charge in [0.2, 0.25) is 11.8 Å². The second kappa shape index (κ2) is 8.47. The average molecular weight is 425 g/mol. The van der Waals surface area contributed by atoms with Crippen LogP contribution in [0.1, 0.15) is 46.0 Å². The molecule has 0 saturated carbocycles. The highest BCUT2D eigenvalue weighted by Gasteiger charge is 2.23. The average Bonchev–Trinajstić information content (AvgIpc) is 3.40. The van der Waals surface area contributed by atoms with Gasteiger partial charge in [0.05, 0.1) is 12.3 Å². The number of hydrogen-bond donors (Lipinski definition) is 0. The van der Waals surface area contributed by atoms with E-state index in [9.17, 15) is 9.59 Å². The summed E-state index contributed by atoms with van der Waals surface area (Å²) in [4.78, 5) is 26.3. The summed E-state index contributed by atoms with van der Waals surface area (Å²) in [7, 11) is 0. The fourth-order valence-electron chi connectivity index (χ4n) is 3.81. The SMILES string of the molecule is Cc1cccc(-n2c(C)cc(C(=O)CSc3nnc(CN4CCCC4=O)o3)c2C)c1. The molecule has 0 atom stereocenters. The summed E-state index contributed by atoms with van der Waals surface area (Å²) >= 11 is 1.22. The number of nitrogens with zero attached hydrogens (tertiary/aromatic N) is 4. The standard InChI is InChI=1S/C22H24N4O3S/c1-14-6-4-7-17(10-14)26-15(2)11-18(16(26)3)19(27)13-30-22-24-23-20(29-22)12-25-9-5-8-21(25)28/h4,6-7,10-11H,5,8-9,12-13H2,1-3H3. The first-order valence-electron chi connectivity index (χ1n) is 9.94. The maximum absolute atomic E-state index is 12.9. The highest BCUT2D eigenvalue weighted by atomic mass is 32.2. The molecule has 0 N–H and O–H groups in total. The van der Waals surface area contributed by atoms with Crippen molar-refractivity contribution >= 4 is 23.5 Å². The molecule has 0 aliphatic carbocycles. The van der Waals surface area contributed by atoms with Crippen molar-refractivity contribution in [2.45, 2.75) is 45.4 Å². The van der Waals surface area contributed by atoms with Gasteiger partial charge in [-0.1, -0.05) is 23.9 Å². The van der Waals surface area contributed by atoms with Gasteiger partial charge in [-0.05, 0) is 51.0 Å². The molecular formula is C22H24N4O3S. The normalized spacial score (nSPS) is 14.0. The maximum Gasteiger partial charge on any atom is 0.277 e. The first-order valence-corrected chi connectivity index (χ1v) is 10.9. The molecule has 3 heterocycles. The summed E-state index contributed by atoms with van der Waals surface area (Å²) in [5.41, 5.74) is 4.86. The Labute approximate surface area is 179 Å². The number of aromatic nitrogens is 3. The fraction of sp³-hybridized carbons (Fsp3) is 0.364. The Kier molecular flexibility index (Phi) is 5.76. The third kappa shape index (κ3) is 4.18. The molecule has 30 heavy (non-hydrogen) atoms. The van der Waals surface area contributed by atoms with Crippen molar-refractivity contribution in [1.29, 1.82) is 0 Å². The van der Waals surface area contributed by atoms with Crippen LogP contribution in [0, 0.1) is 20.8 Å². The predicted octanol–water partition coefficient (Wildman–Crippen LogP) is 3.88. The van der Waals surface area contributed by atoms with Crippen molar-refractivity contribution in [3.63, 3.8) is 0 Å². The molecule has 7 nitrogen and oxygen atoms in total. The van der Waals surface area contributed by atoms with Gasteiger partial charge in [-0.2, -0.15) is 0 Å². The molecule has 2 aromatic heterocycles. The quantitative estimate of drug-likeness (QED) is 0.423. The van der Waals surface area contributed by atoms with Crippen molar-refractivity contribution in [1.82, 2.24) is 19.7 Å². The van der Waals surface area contributed by atoms with E-state index in [1.807, 2.05) is 32.0 Å². The highest BCUT2D eigenvalue weighted by Crippen LogP contribution is 2.25. The first-order chi connectivity index (χ1) is 14.4. The van der Waals surface area contributed by atoms with Crippen LogP contribution >= 0.6 is 11.8 Å². The zero-order valence-corrected chi connectivity index (χ0v) is 18.2. The van der Waals surface area contributed by atoms with E-state index in [1.54, 1.807) is 4.90 Å². The fourth-order valence-corrected chi connectivity index (χ4v) is 4.47. The van der Waals surface area contributed by atoms with E-state index in [2.05, 4.69) is 33.8 Å². The molecule has 156 valence electrons. The lowest BCUT2D eigenvalue weighted by Crippen LogP contribution is -2.23. The number of ketones is 1. The molecule has 1 aromatic carbocycles. The van der Waals surface area contributed by atoms with E-state index < -0.39 is 0 Å². The van der Waals surface area contributed by atoms with Gasteiger partial charge in [-0.15, -0.1) is 10.2 Å². The number of aryl methyl sites for hydroxylation is 2. The number of benzene rings is 1. The molecular weight excluding hydrogens is 400 g/mol. The van der Waals surface area contributed by atoms with Gasteiger partial charge in [0.15, 0.2) is 5.78 Å². The molecule has 8 heteroatoms. The Morgan fingerprint density at radius 3 is 2.77 bits per heavy atom. The Morgan fingerprint density at radius 2 is 2.03 bits per heavy atom. The topological polar surface area (TPSA) is 81.2 Å². The predicted molar refractivity (Wildman–Crippen MR) is 114 cm³/mol. The number of thioether (sulfide) groups is 1. The molecule has 1 aliphatic heterocycles. The number of rotatable bonds is 7. The molecule has 1 saturated heterocycles. The van der Waals surface area contributed by atoms with E-state index in [0.29, 0.717) is 29.6 Å². The Bertz CT molecular complexity index is 1100. The largest absolute Gasteiger partial charge is 0.414 e. The Hall–Kier alpha value is -2.87. The minimum atomic E-state index is 0.0153. The smallest absolute Gasteiger partial charge is 0.277 e. The van der Waals surface area contributed by atoms with E-state index >= 15 is 0 Å². The summed E-state index contributed by atoms with van der Waals surface area (Å²) in [6.45, 7) is 7.07. The number of carbonyl (C=O) groups is 2. The van der Waals surface area contributed by atoms with Crippen LogP contribution in [0.15, 0.2) is 40.0 Å². The number of carbonyl (C=O) groups excluding carboxylic acids is 2. The molecule has 3 aromatic rings. The van der Waals surface area contributed by atoms with E-state index in [1.165, 1.54) is 17.3 Å². The minimum absolute atomic E-state index is 0.0153. The minimum Gasteiger partial charge on any atom is -0.414 e. The zero-order valence-electron chi connectivity index (χ0n) is 17.3. The Morgan fingerprint density at radius 1 is 1.20 bits per heavy atom. The highest BCUT2D eigenvalue weighted by molar-refractivity contribution is 7.99. The van der Waals surface area contributed by atoms with Gasteiger partial charge in [0.1, 0.15) is 0 Å². The van der Waals surface area contributed by atoms with E-state index in [4.69, 9.17) is 4.42 Å². The molecule has 0 unspecified atom stereocenters. The van der Waals surface area contributed by atoms with Gasteiger partial charge >= 0.3 is 0 Å². The summed E-state index contributed by atoms with van der Waals surface area (Å²) < 4.78 is 7.71. The van der Waals surface area contributed by atoms with Gasteiger partial charge in [0.25, 0.3) is 5.22 Å². The second-order valence-corrected chi connectivity index (χ2v) is 8.48. The van der Waals surface area contributed by atoms with E-state index in [0.717, 1.165) is 30.0 Å². The Balaban J connectivity index is 1.42. The number of amides is 1. The molecule has 0 spiro atoms. The van der Waals surface area contributed by atoms with Gasteiger partial charge in [-0.25, -0.2) is 0 Å². The number of likely N-dealkylation sites (tertiary alicyclic amines) is 1. The molecule has 1 amide bonds. The monoisotopic (exact) mass is 424 g/mol. The summed E-state index contributed by atoms with van der Waals surface area (Å²) in [5.74, 6) is 0.739. The summed E-state index contributed by atoms with van der Waals surface area (Å²) in [6.07, 6.45) is 1.44. The van der Waals surface area contributed by atoms with Gasteiger partial charge in [0, 0.05) is 35.6 Å². The van der Waals surface area contributed by atoms with Crippen LogP contribution < -0.4 is 0 Å². The molecule has 1 fully saturated rings. The molecule has 0 radical (unpaired) electrons. The van der Waals surface area contributed by atoms with Crippen molar-refractivity contribution < 1.29 is 14.0 Å². The van der Waals surface area contributed by atoms with Gasteiger partial charge in [-0.3, -0.25) is 9.59 Å². The van der Waals surface area contributed by atoms with Crippen LogP contribution in [0.5, 0.6) is 0 Å². The first kappa shape index (κ1) is 20.4. The van der Waals surface area contributed by atoms with Crippen LogP contribution in [0.25, 0.3) is 5.69 Å². The van der Waals surface area contributed by atoms with Crippen molar-refractivity contribution in [2.75, 3.05) is 12.3 Å². The molecule has 0 bridgehead atoms. The van der Waals surface area contributed by atoms with Gasteiger partial charge < -0.3 is 13.9 Å². The zero-order chi connectivity index (χ0) is 21.3. The van der Waals surface area contributed by atoms with Crippen molar-refractivity contribution in [2.24, 2.45) is 0 Å². The third-order valence-corrected chi connectivity index (χ3v) is 6.08. The lowest BCUT2D eigenvalue weighted by atomic mass is 10.2. The maximum atomic E-state index is 12.9. The molecule has 1 aliphatic rings. The van der Waals surface area contributed by atoms with Crippen LogP contribution in [0.2, 0.25) is 0 Å². The van der Waals surface area contributed by atoms with Crippen molar-refractivity contribution in [3.05, 3.63) is 58.7 Å². The number of hydrogen-bond acceptors (Lipinski definition) is 6. The third-order valence-electron chi connectivity index (χ3n) is 5.26. The van der Waals surface area contributed by atoms with E-state index in [-0.39, 0.29) is 17.4 Å². The number of Topliss-reactive ketones (excluding diaryl/α,β-unsaturated/α-hetero) is 1.